The van der Waals surface area contributed by atoms with Crippen LogP contribution in [0.25, 0.3) is 22.7 Å². The molecule has 3 aromatic carbocycles. The number of fused-ring (bicyclic) bond motifs is 2. The standard InChI is InChI=1S/C35H32N4O2S/c36-33-30(34(40)37-35-39(33)32(23-42-35)26-11-5-2-6-12-26)21-27-22-38(31-14-8-7-13-29(27)31)19-20-41-28-17-15-25(16-18-28)24-9-3-1-4-10-24/h2,5-8,11-18,21-24,36H,1,3-4,9-10,19-20H2/b30-21-,36-33?. The Balaban J connectivity index is 1.10. The van der Waals surface area contributed by atoms with E-state index in [4.69, 9.17) is 10.1 Å². The van der Waals surface area contributed by atoms with Crippen LogP contribution in [0.1, 0.15) is 54.7 Å². The van der Waals surface area contributed by atoms with Gasteiger partial charge in [-0.25, -0.2) is 0 Å². The fourth-order valence-corrected chi connectivity index (χ4v) is 7.07. The number of ether oxygens (including phenoxy) is 1. The Morgan fingerprint density at radius 1 is 0.952 bits per heavy atom. The summed E-state index contributed by atoms with van der Waals surface area (Å²) in [6.45, 7) is 1.18. The molecule has 1 N–H and O–H groups in total. The highest BCUT2D eigenvalue weighted by Crippen LogP contribution is 2.38. The normalized spacial score (nSPS) is 18.4. The number of carbonyl (C=O) groups excluding carboxylic acids is 1. The van der Waals surface area contributed by atoms with Crippen molar-refractivity contribution in [1.82, 2.24) is 9.47 Å². The molecule has 6 nitrogen and oxygen atoms in total. The third-order valence-electron chi connectivity index (χ3n) is 8.36. The maximum Gasteiger partial charge on any atom is 0.283 e. The first kappa shape index (κ1) is 26.5. The number of amidine groups is 2. The highest BCUT2D eigenvalue weighted by molar-refractivity contribution is 8.17. The number of rotatable bonds is 7. The van der Waals surface area contributed by atoms with Crippen LogP contribution in [0.3, 0.4) is 0 Å². The van der Waals surface area contributed by atoms with Crippen LogP contribution >= 0.6 is 11.8 Å². The van der Waals surface area contributed by atoms with E-state index in [0.717, 1.165) is 33.5 Å². The highest BCUT2D eigenvalue weighted by Gasteiger charge is 2.36. The minimum absolute atomic E-state index is 0.141. The Hall–Kier alpha value is -4.36. The lowest BCUT2D eigenvalue weighted by molar-refractivity contribution is -0.114. The number of aliphatic imine (C=N–C) groups is 1. The summed E-state index contributed by atoms with van der Waals surface area (Å²) in [4.78, 5) is 19.2. The number of nitrogens with zero attached hydrogens (tertiary/aromatic N) is 3. The third-order valence-corrected chi connectivity index (χ3v) is 9.19. The fraction of sp³-hybridized carbons (Fsp3) is 0.229. The predicted molar refractivity (Wildman–Crippen MR) is 172 cm³/mol. The SMILES string of the molecule is N=C1/C(=C/c2cn(CCOc3ccc(C4CCCCC4)cc3)c3ccccc23)C(=O)N=C2SC=C(c3ccccc3)N12. The van der Waals surface area contributed by atoms with Crippen LogP contribution in [0.4, 0.5) is 0 Å². The van der Waals surface area contributed by atoms with Gasteiger partial charge in [-0.2, -0.15) is 4.99 Å². The number of benzene rings is 3. The van der Waals surface area contributed by atoms with Crippen LogP contribution < -0.4 is 4.74 Å². The maximum atomic E-state index is 13.1. The molecule has 1 amide bonds. The van der Waals surface area contributed by atoms with E-state index >= 15 is 0 Å². The summed E-state index contributed by atoms with van der Waals surface area (Å²) in [7, 11) is 0. The van der Waals surface area contributed by atoms with Gasteiger partial charge in [0, 0.05) is 28.1 Å². The Labute approximate surface area is 249 Å². The van der Waals surface area contributed by atoms with E-state index in [-0.39, 0.29) is 11.4 Å². The van der Waals surface area contributed by atoms with Crippen molar-refractivity contribution in [3.8, 4) is 5.75 Å². The lowest BCUT2D eigenvalue weighted by Gasteiger charge is -2.26. The Morgan fingerprint density at radius 3 is 2.52 bits per heavy atom. The van der Waals surface area contributed by atoms with Gasteiger partial charge in [0.15, 0.2) is 5.17 Å². The number of hydrogen-bond donors (Lipinski definition) is 1. The van der Waals surface area contributed by atoms with Gasteiger partial charge in [-0.1, -0.05) is 91.7 Å². The highest BCUT2D eigenvalue weighted by atomic mass is 32.2. The van der Waals surface area contributed by atoms with Crippen LogP contribution in [0.5, 0.6) is 5.75 Å². The quantitative estimate of drug-likeness (QED) is 0.227. The van der Waals surface area contributed by atoms with Crippen LogP contribution in [0.2, 0.25) is 0 Å². The number of nitrogens with one attached hydrogen (secondary N) is 1. The minimum atomic E-state index is -0.390. The molecule has 7 rings (SSSR count). The number of carbonyl (C=O) groups is 1. The number of amides is 1. The maximum absolute atomic E-state index is 13.1. The molecule has 0 radical (unpaired) electrons. The molecule has 0 saturated heterocycles. The third kappa shape index (κ3) is 5.09. The molecule has 0 spiro atoms. The molecular formula is C35H32N4O2S. The van der Waals surface area contributed by atoms with Gasteiger partial charge < -0.3 is 9.30 Å². The monoisotopic (exact) mass is 572 g/mol. The summed E-state index contributed by atoms with van der Waals surface area (Å²) in [6.07, 6.45) is 10.5. The van der Waals surface area contributed by atoms with Crippen molar-refractivity contribution in [3.05, 3.63) is 113 Å². The second-order valence-corrected chi connectivity index (χ2v) is 11.8. The number of thioether (sulfide) groups is 1. The van der Waals surface area contributed by atoms with Gasteiger partial charge in [-0.05, 0) is 54.2 Å². The van der Waals surface area contributed by atoms with Crippen LogP contribution in [-0.2, 0) is 11.3 Å². The summed E-state index contributed by atoms with van der Waals surface area (Å²) in [6, 6.07) is 26.7. The molecule has 0 atom stereocenters. The molecule has 0 bridgehead atoms. The van der Waals surface area contributed by atoms with Crippen molar-refractivity contribution >= 4 is 51.3 Å². The number of para-hydroxylation sites is 1. The average Bonchev–Trinajstić information content (AvgIpc) is 3.62. The molecule has 7 heteroatoms. The molecule has 0 unspecified atom stereocenters. The van der Waals surface area contributed by atoms with E-state index in [1.54, 1.807) is 11.0 Å². The van der Waals surface area contributed by atoms with Gasteiger partial charge >= 0.3 is 0 Å². The molecule has 1 aromatic heterocycles. The van der Waals surface area contributed by atoms with E-state index in [1.165, 1.54) is 49.4 Å². The van der Waals surface area contributed by atoms with E-state index in [2.05, 4.69) is 46.0 Å². The average molecular weight is 573 g/mol. The topological polar surface area (TPSA) is 70.7 Å². The summed E-state index contributed by atoms with van der Waals surface area (Å²) in [5, 5.41) is 12.5. The summed E-state index contributed by atoms with van der Waals surface area (Å²) >= 11 is 1.37. The first-order valence-corrected chi connectivity index (χ1v) is 15.5. The second-order valence-electron chi connectivity index (χ2n) is 11.0. The molecule has 3 aliphatic rings. The van der Waals surface area contributed by atoms with Crippen LogP contribution in [0.15, 0.2) is 101 Å². The molecule has 2 aliphatic heterocycles. The molecule has 210 valence electrons. The van der Waals surface area contributed by atoms with Crippen molar-refractivity contribution in [2.45, 2.75) is 44.6 Å². The first-order valence-electron chi connectivity index (χ1n) is 14.6. The summed E-state index contributed by atoms with van der Waals surface area (Å²) in [5.41, 5.74) is 5.48. The fourth-order valence-electron chi connectivity index (χ4n) is 6.18. The van der Waals surface area contributed by atoms with Gasteiger partial charge in [0.1, 0.15) is 18.2 Å². The van der Waals surface area contributed by atoms with Crippen molar-refractivity contribution in [3.63, 3.8) is 0 Å². The summed E-state index contributed by atoms with van der Waals surface area (Å²) < 4.78 is 8.30. The van der Waals surface area contributed by atoms with Crippen molar-refractivity contribution in [2.24, 2.45) is 4.99 Å². The number of hydrogen-bond acceptors (Lipinski definition) is 4. The van der Waals surface area contributed by atoms with E-state index in [1.807, 2.05) is 54.1 Å². The molecule has 3 heterocycles. The molecule has 42 heavy (non-hydrogen) atoms. The van der Waals surface area contributed by atoms with Crippen molar-refractivity contribution < 1.29 is 9.53 Å². The molecule has 1 saturated carbocycles. The summed E-state index contributed by atoms with van der Waals surface area (Å²) in [5.74, 6) is 1.32. The molecular weight excluding hydrogens is 540 g/mol. The van der Waals surface area contributed by atoms with Crippen LogP contribution in [-0.4, -0.2) is 33.0 Å². The molecule has 1 fully saturated rings. The number of aromatic nitrogens is 1. The van der Waals surface area contributed by atoms with Crippen molar-refractivity contribution in [1.29, 1.82) is 5.41 Å². The zero-order valence-corrected chi connectivity index (χ0v) is 24.1. The Morgan fingerprint density at radius 2 is 1.71 bits per heavy atom. The molecule has 4 aromatic rings. The minimum Gasteiger partial charge on any atom is -0.492 e. The zero-order chi connectivity index (χ0) is 28.5. The van der Waals surface area contributed by atoms with Gasteiger partial charge in [0.05, 0.1) is 17.8 Å². The largest absolute Gasteiger partial charge is 0.492 e. The van der Waals surface area contributed by atoms with Crippen LogP contribution in [0, 0.1) is 5.41 Å². The first-order chi connectivity index (χ1) is 20.7. The van der Waals surface area contributed by atoms with E-state index < -0.39 is 5.91 Å². The second kappa shape index (κ2) is 11.5. The molecule has 1 aliphatic carbocycles. The van der Waals surface area contributed by atoms with E-state index in [9.17, 15) is 4.79 Å². The van der Waals surface area contributed by atoms with Gasteiger partial charge in [0.25, 0.3) is 5.91 Å². The smallest absolute Gasteiger partial charge is 0.283 e. The Kier molecular flexibility index (Phi) is 7.26. The lowest BCUT2D eigenvalue weighted by atomic mass is 9.84. The zero-order valence-electron chi connectivity index (χ0n) is 23.3. The van der Waals surface area contributed by atoms with Crippen molar-refractivity contribution in [2.75, 3.05) is 6.61 Å². The van der Waals surface area contributed by atoms with Gasteiger partial charge in [-0.15, -0.1) is 0 Å². The Bertz CT molecular complexity index is 1740. The van der Waals surface area contributed by atoms with E-state index in [0.29, 0.717) is 24.2 Å². The van der Waals surface area contributed by atoms with Gasteiger partial charge in [-0.3, -0.25) is 15.1 Å². The lowest BCUT2D eigenvalue weighted by Crippen LogP contribution is -2.38. The predicted octanol–water partition coefficient (Wildman–Crippen LogP) is 8.07. The van der Waals surface area contributed by atoms with Gasteiger partial charge in [0.2, 0.25) is 0 Å².